The number of allylic oxidation sites excluding steroid dienone is 1. The Hall–Kier alpha value is -0.0831. The van der Waals surface area contributed by atoms with Gasteiger partial charge in [-0.15, -0.1) is 0 Å². The van der Waals surface area contributed by atoms with Crippen molar-refractivity contribution in [3.05, 3.63) is 12.2 Å². The lowest BCUT2D eigenvalue weighted by molar-refractivity contribution is -0.174. The normalized spacial score (nSPS) is 45.9. The number of fused-ring (bicyclic) bond motifs is 1. The molecule has 0 heterocycles. The Bertz CT molecular complexity index is 397. The molecule has 1 nitrogen and oxygen atoms in total. The molecular formula is C18H34OSi. The molecule has 0 amide bonds. The lowest BCUT2D eigenvalue weighted by atomic mass is 9.51. The van der Waals surface area contributed by atoms with Crippen molar-refractivity contribution in [2.75, 3.05) is 0 Å². The van der Waals surface area contributed by atoms with Gasteiger partial charge in [0.05, 0.1) is 5.60 Å². The fraction of sp³-hybridized carbons (Fsp3) is 0.889. The molecule has 0 unspecified atom stereocenters. The first-order valence-corrected chi connectivity index (χ1v) is 12.0. The van der Waals surface area contributed by atoms with Crippen LogP contribution in [0.2, 0.25) is 25.2 Å². The van der Waals surface area contributed by atoms with Gasteiger partial charge in [-0.25, -0.2) is 0 Å². The monoisotopic (exact) mass is 294 g/mol. The van der Waals surface area contributed by atoms with Crippen molar-refractivity contribution in [3.63, 3.8) is 0 Å². The maximum atomic E-state index is 11.7. The quantitative estimate of drug-likeness (QED) is 0.545. The highest BCUT2D eigenvalue weighted by Crippen LogP contribution is 2.64. The predicted molar refractivity (Wildman–Crippen MR) is 90.7 cm³/mol. The smallest absolute Gasteiger partial charge is 0.0732 e. The van der Waals surface area contributed by atoms with Gasteiger partial charge in [0.25, 0.3) is 0 Å². The Morgan fingerprint density at radius 2 is 1.80 bits per heavy atom. The van der Waals surface area contributed by atoms with Crippen molar-refractivity contribution < 1.29 is 5.11 Å². The van der Waals surface area contributed by atoms with Gasteiger partial charge in [-0.2, -0.15) is 0 Å². The zero-order valence-electron chi connectivity index (χ0n) is 14.4. The molecule has 0 radical (unpaired) electrons. The summed E-state index contributed by atoms with van der Waals surface area (Å²) in [6, 6.07) is 0. The Kier molecular flexibility index (Phi) is 4.06. The third kappa shape index (κ3) is 2.33. The van der Waals surface area contributed by atoms with E-state index in [2.05, 4.69) is 47.0 Å². The third-order valence-corrected chi connectivity index (χ3v) is 9.79. The molecular weight excluding hydrogens is 260 g/mol. The van der Waals surface area contributed by atoms with Crippen molar-refractivity contribution in [2.24, 2.45) is 17.3 Å². The van der Waals surface area contributed by atoms with Gasteiger partial charge in [0.1, 0.15) is 0 Å². The minimum Gasteiger partial charge on any atom is -0.389 e. The summed E-state index contributed by atoms with van der Waals surface area (Å²) in [5.74, 6) is 0.957. The van der Waals surface area contributed by atoms with Gasteiger partial charge < -0.3 is 5.11 Å². The molecule has 0 aliphatic heterocycles. The van der Waals surface area contributed by atoms with E-state index in [1.165, 1.54) is 31.3 Å². The summed E-state index contributed by atoms with van der Waals surface area (Å²) in [6.45, 7) is 18.5. The van der Waals surface area contributed by atoms with Gasteiger partial charge >= 0.3 is 0 Å². The summed E-state index contributed by atoms with van der Waals surface area (Å²) in [7, 11) is -1.25. The lowest BCUT2D eigenvalue weighted by Gasteiger charge is -2.63. The zero-order chi connectivity index (χ0) is 15.3. The van der Waals surface area contributed by atoms with E-state index < -0.39 is 13.7 Å². The van der Waals surface area contributed by atoms with Crippen LogP contribution in [0.5, 0.6) is 0 Å². The highest BCUT2D eigenvalue weighted by atomic mass is 28.3. The molecule has 2 rings (SSSR count). The fourth-order valence-electron chi connectivity index (χ4n) is 5.42. The highest BCUT2D eigenvalue weighted by molar-refractivity contribution is 6.77. The van der Waals surface area contributed by atoms with Crippen molar-refractivity contribution in [2.45, 2.75) is 83.7 Å². The van der Waals surface area contributed by atoms with E-state index in [9.17, 15) is 5.11 Å². The van der Waals surface area contributed by atoms with E-state index in [1.807, 2.05) is 0 Å². The first kappa shape index (κ1) is 16.3. The molecule has 0 aromatic heterocycles. The van der Waals surface area contributed by atoms with Crippen molar-refractivity contribution in [3.8, 4) is 0 Å². The summed E-state index contributed by atoms with van der Waals surface area (Å²) in [4.78, 5) is 0. The Labute approximate surface area is 126 Å². The van der Waals surface area contributed by atoms with Crippen LogP contribution >= 0.6 is 0 Å². The molecule has 0 saturated heterocycles. The number of aliphatic hydroxyl groups is 1. The first-order valence-electron chi connectivity index (χ1n) is 8.40. The first-order chi connectivity index (χ1) is 9.02. The number of hydrogen-bond donors (Lipinski definition) is 1. The summed E-state index contributed by atoms with van der Waals surface area (Å²) < 4.78 is 0. The zero-order valence-corrected chi connectivity index (χ0v) is 15.4. The van der Waals surface area contributed by atoms with Gasteiger partial charge in [-0.1, -0.05) is 52.1 Å². The van der Waals surface area contributed by atoms with Gasteiger partial charge in [-0.3, -0.25) is 0 Å². The molecule has 0 spiro atoms. The second kappa shape index (κ2) is 4.98. The molecule has 2 aliphatic rings. The fourth-order valence-corrected chi connectivity index (χ4v) is 8.76. The van der Waals surface area contributed by atoms with Crippen LogP contribution in [0.4, 0.5) is 0 Å². The maximum absolute atomic E-state index is 11.7. The Balaban J connectivity index is 2.40. The van der Waals surface area contributed by atoms with Crippen molar-refractivity contribution in [1.82, 2.24) is 0 Å². The minimum absolute atomic E-state index is 0.126. The number of rotatable bonds is 2. The largest absolute Gasteiger partial charge is 0.389 e. The van der Waals surface area contributed by atoms with Gasteiger partial charge in [0.2, 0.25) is 0 Å². The van der Waals surface area contributed by atoms with Crippen LogP contribution in [0.3, 0.4) is 0 Å². The van der Waals surface area contributed by atoms with Gasteiger partial charge in [-0.05, 0) is 55.4 Å². The molecule has 2 saturated carbocycles. The van der Waals surface area contributed by atoms with Gasteiger partial charge in [0, 0.05) is 8.07 Å². The topological polar surface area (TPSA) is 20.2 Å². The van der Waals surface area contributed by atoms with Crippen LogP contribution in [0.25, 0.3) is 0 Å². The summed E-state index contributed by atoms with van der Waals surface area (Å²) in [5, 5.41) is 11.7. The van der Waals surface area contributed by atoms with Crippen LogP contribution in [0, 0.1) is 17.3 Å². The molecule has 0 aromatic carbocycles. The van der Waals surface area contributed by atoms with Gasteiger partial charge in [0.15, 0.2) is 0 Å². The maximum Gasteiger partial charge on any atom is 0.0732 e. The average Bonchev–Trinajstić information content (AvgIpc) is 2.29. The molecule has 20 heavy (non-hydrogen) atoms. The molecule has 2 aliphatic carbocycles. The van der Waals surface area contributed by atoms with E-state index >= 15 is 0 Å². The average molecular weight is 295 g/mol. The standard InChI is InChI=1S/C18H34OSi/c1-13(2)15-10-11-17(4)16(20(5,6)7)9-8-14(3)18(17,19)12-15/h14-16,19H,1,8-12H2,2-7H3/t14-,15-,16+,17+,18+/m1/s1. The summed E-state index contributed by atoms with van der Waals surface area (Å²) in [6.07, 6.45) is 5.88. The molecule has 2 fully saturated rings. The van der Waals surface area contributed by atoms with Crippen molar-refractivity contribution >= 4 is 8.07 Å². The Morgan fingerprint density at radius 1 is 1.20 bits per heavy atom. The van der Waals surface area contributed by atoms with E-state index in [0.717, 1.165) is 12.0 Å². The second-order valence-electron chi connectivity index (χ2n) is 9.02. The molecule has 5 atom stereocenters. The highest BCUT2D eigenvalue weighted by Gasteiger charge is 2.61. The lowest BCUT2D eigenvalue weighted by Crippen LogP contribution is -2.62. The molecule has 1 N–H and O–H groups in total. The minimum atomic E-state index is -1.25. The SMILES string of the molecule is C=C(C)[C@@H]1CC[C@@]2(C)[C@@H]([Si](C)(C)C)CC[C@@H](C)[C@@]2(O)C1. The van der Waals surface area contributed by atoms with E-state index in [4.69, 9.17) is 0 Å². The summed E-state index contributed by atoms with van der Waals surface area (Å²) >= 11 is 0. The molecule has 116 valence electrons. The second-order valence-corrected chi connectivity index (χ2v) is 14.5. The van der Waals surface area contributed by atoms with E-state index in [0.29, 0.717) is 11.8 Å². The third-order valence-electron chi connectivity index (χ3n) is 6.77. The van der Waals surface area contributed by atoms with Crippen LogP contribution in [-0.4, -0.2) is 18.8 Å². The van der Waals surface area contributed by atoms with Crippen LogP contribution < -0.4 is 0 Å². The predicted octanol–water partition coefficient (Wildman–Crippen LogP) is 5.24. The molecule has 0 bridgehead atoms. The molecule has 0 aromatic rings. The van der Waals surface area contributed by atoms with Crippen LogP contribution in [0.15, 0.2) is 12.2 Å². The van der Waals surface area contributed by atoms with E-state index in [1.54, 1.807) is 0 Å². The van der Waals surface area contributed by atoms with E-state index in [-0.39, 0.29) is 5.41 Å². The Morgan fingerprint density at radius 3 is 2.30 bits per heavy atom. The van der Waals surface area contributed by atoms with Crippen LogP contribution in [-0.2, 0) is 0 Å². The van der Waals surface area contributed by atoms with Crippen LogP contribution in [0.1, 0.15) is 52.9 Å². The molecule has 2 heteroatoms. The number of hydrogen-bond acceptors (Lipinski definition) is 1. The summed E-state index contributed by atoms with van der Waals surface area (Å²) in [5.41, 5.74) is 1.67. The van der Waals surface area contributed by atoms with Crippen molar-refractivity contribution in [1.29, 1.82) is 0 Å².